The fourth-order valence-electron chi connectivity index (χ4n) is 4.71. The van der Waals surface area contributed by atoms with Gasteiger partial charge in [-0.1, -0.05) is 0 Å². The van der Waals surface area contributed by atoms with Gasteiger partial charge in [0, 0.05) is 80.3 Å². The molecular formula is C29H31FN10OS. The van der Waals surface area contributed by atoms with Gasteiger partial charge in [-0.2, -0.15) is 14.6 Å². The molecule has 1 unspecified atom stereocenters. The number of benzene rings is 1. The molecule has 1 aliphatic heterocycles. The van der Waals surface area contributed by atoms with Crippen molar-refractivity contribution < 1.29 is 8.60 Å². The van der Waals surface area contributed by atoms with Gasteiger partial charge in [-0.25, -0.2) is 28.1 Å². The standard InChI is InChI=1S/C29H31FN10OS/c1-29(2,3)42(41)36-26(20-5-7-24(30)8-6-20)22-14-31-28(32-15-22)39-11-9-38(10-12-39)27-25-13-21(18-40(25)35-19-33-27)23-16-34-37(4)17-23/h5-8,13-19H,9-12H2,1-4H3. The zero-order chi connectivity index (χ0) is 29.4. The average Bonchev–Trinajstić information content (AvgIpc) is 3.62. The molecular weight excluding hydrogens is 555 g/mol. The molecule has 1 atom stereocenters. The summed E-state index contributed by atoms with van der Waals surface area (Å²) in [4.78, 5) is 18.2. The highest BCUT2D eigenvalue weighted by Gasteiger charge is 2.24. The number of fused-ring (bicyclic) bond motifs is 1. The number of hydrogen-bond donors (Lipinski definition) is 0. The minimum Gasteiger partial charge on any atom is -0.351 e. The minimum absolute atomic E-state index is 0.352. The summed E-state index contributed by atoms with van der Waals surface area (Å²) < 4.78 is 34.1. The minimum atomic E-state index is -1.52. The third-order valence-corrected chi connectivity index (χ3v) is 8.41. The Labute approximate surface area is 245 Å². The maximum absolute atomic E-state index is 13.6. The molecule has 0 amide bonds. The normalized spacial score (nSPS) is 15.4. The number of aromatic nitrogens is 7. The summed E-state index contributed by atoms with van der Waals surface area (Å²) in [6.07, 6.45) is 10.8. The van der Waals surface area contributed by atoms with Gasteiger partial charge in [0.1, 0.15) is 28.6 Å². The lowest BCUT2D eigenvalue weighted by Gasteiger charge is -2.35. The van der Waals surface area contributed by atoms with E-state index in [-0.39, 0.29) is 5.82 Å². The summed E-state index contributed by atoms with van der Waals surface area (Å²) in [6.45, 7) is 8.46. The van der Waals surface area contributed by atoms with Crippen molar-refractivity contribution in [2.45, 2.75) is 25.5 Å². The summed E-state index contributed by atoms with van der Waals surface area (Å²) in [5.41, 5.74) is 4.72. The van der Waals surface area contributed by atoms with Crippen LogP contribution in [0.15, 0.2) is 72.0 Å². The number of anilines is 2. The quantitative estimate of drug-likeness (QED) is 0.277. The van der Waals surface area contributed by atoms with Crippen LogP contribution in [0, 0.1) is 5.82 Å². The van der Waals surface area contributed by atoms with Gasteiger partial charge >= 0.3 is 0 Å². The van der Waals surface area contributed by atoms with Crippen LogP contribution < -0.4 is 9.80 Å². The first kappa shape index (κ1) is 27.6. The van der Waals surface area contributed by atoms with Gasteiger partial charge in [0.25, 0.3) is 0 Å². The molecule has 4 aromatic heterocycles. The maximum atomic E-state index is 13.6. The predicted octanol–water partition coefficient (Wildman–Crippen LogP) is 3.69. The van der Waals surface area contributed by atoms with Crippen LogP contribution in [0.2, 0.25) is 0 Å². The Morgan fingerprint density at radius 3 is 2.21 bits per heavy atom. The van der Waals surface area contributed by atoms with Crippen molar-refractivity contribution in [2.75, 3.05) is 36.0 Å². The Balaban J connectivity index is 1.19. The predicted molar refractivity (Wildman–Crippen MR) is 162 cm³/mol. The second-order valence-corrected chi connectivity index (χ2v) is 13.0. The van der Waals surface area contributed by atoms with Crippen molar-refractivity contribution in [3.05, 3.63) is 84.6 Å². The van der Waals surface area contributed by atoms with Crippen LogP contribution in [0.3, 0.4) is 0 Å². The zero-order valence-corrected chi connectivity index (χ0v) is 24.7. The molecule has 1 fully saturated rings. The Hall–Kier alpha value is -4.52. The highest BCUT2D eigenvalue weighted by atomic mass is 32.2. The average molecular weight is 587 g/mol. The Morgan fingerprint density at radius 1 is 0.881 bits per heavy atom. The van der Waals surface area contributed by atoms with E-state index in [9.17, 15) is 8.60 Å². The lowest BCUT2D eigenvalue weighted by atomic mass is 10.1. The largest absolute Gasteiger partial charge is 0.351 e. The van der Waals surface area contributed by atoms with Gasteiger partial charge < -0.3 is 9.80 Å². The Kier molecular flexibility index (Phi) is 7.27. The van der Waals surface area contributed by atoms with Gasteiger partial charge in [-0.3, -0.25) is 4.68 Å². The van der Waals surface area contributed by atoms with E-state index in [4.69, 9.17) is 0 Å². The second kappa shape index (κ2) is 11.0. The molecule has 5 heterocycles. The van der Waals surface area contributed by atoms with Gasteiger partial charge in [-0.15, -0.1) is 0 Å². The van der Waals surface area contributed by atoms with E-state index in [0.717, 1.165) is 35.6 Å². The molecule has 11 nitrogen and oxygen atoms in total. The lowest BCUT2D eigenvalue weighted by Crippen LogP contribution is -2.47. The molecule has 0 spiro atoms. The number of nitrogens with zero attached hydrogens (tertiary/aromatic N) is 10. The van der Waals surface area contributed by atoms with E-state index in [1.54, 1.807) is 35.5 Å². The van der Waals surface area contributed by atoms with E-state index >= 15 is 0 Å². The van der Waals surface area contributed by atoms with Crippen LogP contribution in [-0.2, 0) is 18.0 Å². The molecule has 0 saturated carbocycles. The summed E-state index contributed by atoms with van der Waals surface area (Å²) in [5.74, 6) is 1.13. The van der Waals surface area contributed by atoms with E-state index in [0.29, 0.717) is 35.9 Å². The monoisotopic (exact) mass is 586 g/mol. The van der Waals surface area contributed by atoms with Crippen LogP contribution >= 0.6 is 0 Å². The number of halogens is 1. The fraction of sp³-hybridized carbons (Fsp3) is 0.310. The fourth-order valence-corrected chi connectivity index (χ4v) is 5.36. The smallest absolute Gasteiger partial charge is 0.225 e. The number of hydrogen-bond acceptors (Lipinski definition) is 8. The second-order valence-electron chi connectivity index (χ2n) is 11.1. The molecule has 0 bridgehead atoms. The van der Waals surface area contributed by atoms with Gasteiger partial charge in [-0.05, 0) is 51.1 Å². The molecule has 216 valence electrons. The zero-order valence-electron chi connectivity index (χ0n) is 23.8. The summed E-state index contributed by atoms with van der Waals surface area (Å²) in [7, 11) is 0.380. The molecule has 5 aromatic rings. The molecule has 1 aromatic carbocycles. The highest BCUT2D eigenvalue weighted by Crippen LogP contribution is 2.27. The van der Waals surface area contributed by atoms with E-state index in [1.807, 2.05) is 50.9 Å². The molecule has 42 heavy (non-hydrogen) atoms. The maximum Gasteiger partial charge on any atom is 0.225 e. The van der Waals surface area contributed by atoms with Crippen molar-refractivity contribution in [3.63, 3.8) is 0 Å². The van der Waals surface area contributed by atoms with Crippen molar-refractivity contribution in [1.29, 1.82) is 0 Å². The molecule has 1 saturated heterocycles. The lowest BCUT2D eigenvalue weighted by molar-refractivity contribution is 0.628. The molecule has 0 aliphatic carbocycles. The number of piperazine rings is 1. The SMILES string of the molecule is Cn1cc(-c2cc3c(N4CCN(c5ncc(C(=NS(=O)C(C)(C)C)c6ccc(F)cc6)cn5)CC4)ncnn3c2)cn1. The van der Waals surface area contributed by atoms with Crippen LogP contribution in [0.4, 0.5) is 16.2 Å². The van der Waals surface area contributed by atoms with E-state index in [1.165, 1.54) is 12.1 Å². The van der Waals surface area contributed by atoms with E-state index in [2.05, 4.69) is 45.4 Å². The number of rotatable bonds is 6. The summed E-state index contributed by atoms with van der Waals surface area (Å²) >= 11 is 0. The third kappa shape index (κ3) is 5.64. The van der Waals surface area contributed by atoms with Gasteiger partial charge in [0.05, 0.1) is 16.7 Å². The first-order chi connectivity index (χ1) is 20.2. The summed E-state index contributed by atoms with van der Waals surface area (Å²) in [6, 6.07) is 8.05. The number of aryl methyl sites for hydroxylation is 1. The summed E-state index contributed by atoms with van der Waals surface area (Å²) in [5, 5.41) is 8.68. The van der Waals surface area contributed by atoms with Crippen LogP contribution in [-0.4, -0.2) is 75.2 Å². The van der Waals surface area contributed by atoms with Crippen LogP contribution in [0.5, 0.6) is 0 Å². The van der Waals surface area contributed by atoms with Gasteiger partial charge in [0.15, 0.2) is 5.82 Å². The van der Waals surface area contributed by atoms with Crippen LogP contribution in [0.25, 0.3) is 16.6 Å². The first-order valence-electron chi connectivity index (χ1n) is 13.6. The molecule has 1 aliphatic rings. The van der Waals surface area contributed by atoms with E-state index < -0.39 is 15.7 Å². The first-order valence-corrected chi connectivity index (χ1v) is 14.7. The molecule has 0 radical (unpaired) electrons. The molecule has 6 rings (SSSR count). The van der Waals surface area contributed by atoms with Crippen molar-refractivity contribution in [2.24, 2.45) is 11.4 Å². The van der Waals surface area contributed by atoms with Gasteiger partial charge in [0.2, 0.25) is 5.95 Å². The molecule has 13 heteroatoms. The van der Waals surface area contributed by atoms with Crippen molar-refractivity contribution in [3.8, 4) is 11.1 Å². The topological polar surface area (TPSA) is 110 Å². The Bertz CT molecular complexity index is 1770. The Morgan fingerprint density at radius 2 is 1.57 bits per heavy atom. The third-order valence-electron chi connectivity index (χ3n) is 7.01. The highest BCUT2D eigenvalue weighted by molar-refractivity contribution is 7.85. The van der Waals surface area contributed by atoms with Crippen molar-refractivity contribution >= 4 is 34.0 Å². The van der Waals surface area contributed by atoms with Crippen molar-refractivity contribution in [1.82, 2.24) is 34.3 Å². The molecule has 0 N–H and O–H groups in total. The van der Waals surface area contributed by atoms with Crippen LogP contribution in [0.1, 0.15) is 31.9 Å².